The van der Waals surface area contributed by atoms with Gasteiger partial charge in [0.25, 0.3) is 0 Å². The van der Waals surface area contributed by atoms with Gasteiger partial charge in [-0.3, -0.25) is 0 Å². The maximum Gasteiger partial charge on any atom is 0.317 e. The number of carbonyl (C=O) groups excluding carboxylic acids is 1. The predicted molar refractivity (Wildman–Crippen MR) is 66.4 cm³/mol. The van der Waals surface area contributed by atoms with Crippen LogP contribution in [0.25, 0.3) is 0 Å². The molecule has 0 atom stereocenters. The minimum Gasteiger partial charge on any atom is -0.334 e. The van der Waals surface area contributed by atoms with Gasteiger partial charge in [0.05, 0.1) is 0 Å². The van der Waals surface area contributed by atoms with Crippen LogP contribution in [0.5, 0.6) is 0 Å². The average Bonchev–Trinajstić information content (AvgIpc) is 2.27. The second-order valence-electron chi connectivity index (χ2n) is 4.07. The molecule has 2 amide bonds. The summed E-state index contributed by atoms with van der Waals surface area (Å²) >= 11 is 0. The van der Waals surface area contributed by atoms with E-state index in [0.717, 1.165) is 12.8 Å². The standard InChI is InChI=1S/C13H20N2O/c1-4-7-11-8-5-6-9-12(11)10-14-13(16)15(2)3/h5-6,8-9H,4,7,10H2,1-3H3,(H,14,16). The molecule has 88 valence electrons. The number of amides is 2. The van der Waals surface area contributed by atoms with Crippen molar-refractivity contribution in [3.8, 4) is 0 Å². The Labute approximate surface area is 97.5 Å². The van der Waals surface area contributed by atoms with Gasteiger partial charge in [-0.2, -0.15) is 0 Å². The number of carbonyl (C=O) groups is 1. The van der Waals surface area contributed by atoms with Crippen molar-refractivity contribution in [1.29, 1.82) is 0 Å². The summed E-state index contributed by atoms with van der Waals surface area (Å²) in [6.07, 6.45) is 2.19. The van der Waals surface area contributed by atoms with Crippen molar-refractivity contribution in [3.63, 3.8) is 0 Å². The summed E-state index contributed by atoms with van der Waals surface area (Å²) in [6, 6.07) is 8.20. The van der Waals surface area contributed by atoms with Crippen LogP contribution in [0, 0.1) is 0 Å². The largest absolute Gasteiger partial charge is 0.334 e. The number of hydrogen-bond acceptors (Lipinski definition) is 1. The van der Waals surface area contributed by atoms with Gasteiger partial charge in [0.1, 0.15) is 0 Å². The molecule has 3 nitrogen and oxygen atoms in total. The van der Waals surface area contributed by atoms with Gasteiger partial charge < -0.3 is 10.2 Å². The van der Waals surface area contributed by atoms with E-state index in [-0.39, 0.29) is 6.03 Å². The maximum absolute atomic E-state index is 11.4. The first-order valence-electron chi connectivity index (χ1n) is 5.67. The van der Waals surface area contributed by atoms with Crippen molar-refractivity contribution in [2.24, 2.45) is 0 Å². The Balaban J connectivity index is 2.62. The molecule has 0 bridgehead atoms. The highest BCUT2D eigenvalue weighted by Crippen LogP contribution is 2.10. The number of aryl methyl sites for hydroxylation is 1. The topological polar surface area (TPSA) is 32.3 Å². The van der Waals surface area contributed by atoms with Crippen LogP contribution < -0.4 is 5.32 Å². The smallest absolute Gasteiger partial charge is 0.317 e. The van der Waals surface area contributed by atoms with Crippen molar-refractivity contribution >= 4 is 6.03 Å². The van der Waals surface area contributed by atoms with E-state index in [2.05, 4.69) is 24.4 Å². The van der Waals surface area contributed by atoms with Crippen LogP contribution in [0.2, 0.25) is 0 Å². The molecule has 0 aliphatic carbocycles. The lowest BCUT2D eigenvalue weighted by molar-refractivity contribution is 0.217. The van der Waals surface area contributed by atoms with Crippen LogP contribution >= 0.6 is 0 Å². The second-order valence-corrected chi connectivity index (χ2v) is 4.07. The first-order valence-corrected chi connectivity index (χ1v) is 5.67. The molecular weight excluding hydrogens is 200 g/mol. The van der Waals surface area contributed by atoms with Gasteiger partial charge in [-0.05, 0) is 17.5 Å². The Hall–Kier alpha value is -1.51. The van der Waals surface area contributed by atoms with E-state index in [1.807, 2.05) is 12.1 Å². The van der Waals surface area contributed by atoms with E-state index in [1.165, 1.54) is 11.1 Å². The molecule has 0 heterocycles. The van der Waals surface area contributed by atoms with Crippen molar-refractivity contribution in [2.75, 3.05) is 14.1 Å². The normalized spacial score (nSPS) is 9.94. The Morgan fingerprint density at radius 2 is 1.88 bits per heavy atom. The fourth-order valence-corrected chi connectivity index (χ4v) is 1.57. The number of nitrogens with zero attached hydrogens (tertiary/aromatic N) is 1. The molecule has 0 aliphatic heterocycles. The molecule has 0 radical (unpaired) electrons. The summed E-state index contributed by atoms with van der Waals surface area (Å²) in [4.78, 5) is 12.9. The Morgan fingerprint density at radius 1 is 1.25 bits per heavy atom. The van der Waals surface area contributed by atoms with Gasteiger partial charge in [-0.25, -0.2) is 4.79 Å². The van der Waals surface area contributed by atoms with Crippen LogP contribution in [0.15, 0.2) is 24.3 Å². The lowest BCUT2D eigenvalue weighted by Gasteiger charge is -2.13. The number of benzene rings is 1. The van der Waals surface area contributed by atoms with Gasteiger partial charge >= 0.3 is 6.03 Å². The molecule has 0 saturated heterocycles. The Kier molecular flexibility index (Phi) is 4.83. The van der Waals surface area contributed by atoms with Crippen LogP contribution in [-0.4, -0.2) is 25.0 Å². The van der Waals surface area contributed by atoms with E-state index in [4.69, 9.17) is 0 Å². The van der Waals surface area contributed by atoms with Crippen molar-refractivity contribution in [2.45, 2.75) is 26.3 Å². The van der Waals surface area contributed by atoms with E-state index in [1.54, 1.807) is 19.0 Å². The van der Waals surface area contributed by atoms with E-state index >= 15 is 0 Å². The molecule has 0 fully saturated rings. The van der Waals surface area contributed by atoms with Gasteiger partial charge in [0.2, 0.25) is 0 Å². The zero-order valence-electron chi connectivity index (χ0n) is 10.3. The van der Waals surface area contributed by atoms with Crippen LogP contribution in [0.1, 0.15) is 24.5 Å². The first kappa shape index (κ1) is 12.6. The van der Waals surface area contributed by atoms with E-state index < -0.39 is 0 Å². The van der Waals surface area contributed by atoms with E-state index in [9.17, 15) is 4.79 Å². The fourth-order valence-electron chi connectivity index (χ4n) is 1.57. The molecule has 0 spiro atoms. The maximum atomic E-state index is 11.4. The molecule has 1 aromatic carbocycles. The lowest BCUT2D eigenvalue weighted by Crippen LogP contribution is -2.34. The van der Waals surface area contributed by atoms with Gasteiger partial charge in [-0.15, -0.1) is 0 Å². The molecule has 3 heteroatoms. The third kappa shape index (κ3) is 3.57. The highest BCUT2D eigenvalue weighted by atomic mass is 16.2. The summed E-state index contributed by atoms with van der Waals surface area (Å²) in [7, 11) is 3.49. The fraction of sp³-hybridized carbons (Fsp3) is 0.462. The molecule has 1 N–H and O–H groups in total. The quantitative estimate of drug-likeness (QED) is 0.830. The Morgan fingerprint density at radius 3 is 2.44 bits per heavy atom. The minimum atomic E-state index is -0.0497. The summed E-state index contributed by atoms with van der Waals surface area (Å²) in [5, 5.41) is 2.88. The SMILES string of the molecule is CCCc1ccccc1CNC(=O)N(C)C. The number of rotatable bonds is 4. The lowest BCUT2D eigenvalue weighted by atomic mass is 10.0. The Bertz CT molecular complexity index is 348. The zero-order valence-corrected chi connectivity index (χ0v) is 10.3. The molecule has 0 aromatic heterocycles. The van der Waals surface area contributed by atoms with Gasteiger partial charge in [-0.1, -0.05) is 37.6 Å². The third-order valence-electron chi connectivity index (χ3n) is 2.47. The highest BCUT2D eigenvalue weighted by molar-refractivity contribution is 5.73. The summed E-state index contributed by atoms with van der Waals surface area (Å²) in [5.74, 6) is 0. The van der Waals surface area contributed by atoms with Crippen LogP contribution in [0.3, 0.4) is 0 Å². The molecule has 0 unspecified atom stereocenters. The van der Waals surface area contributed by atoms with Gasteiger partial charge in [0, 0.05) is 20.6 Å². The second kappa shape index (κ2) is 6.16. The van der Waals surface area contributed by atoms with Crippen molar-refractivity contribution in [3.05, 3.63) is 35.4 Å². The summed E-state index contributed by atoms with van der Waals surface area (Å²) in [6.45, 7) is 2.77. The zero-order chi connectivity index (χ0) is 12.0. The monoisotopic (exact) mass is 220 g/mol. The molecule has 1 rings (SSSR count). The molecular formula is C13H20N2O. The van der Waals surface area contributed by atoms with Gasteiger partial charge in [0.15, 0.2) is 0 Å². The number of urea groups is 1. The van der Waals surface area contributed by atoms with Crippen LogP contribution in [-0.2, 0) is 13.0 Å². The highest BCUT2D eigenvalue weighted by Gasteiger charge is 2.04. The molecule has 0 aliphatic rings. The molecule has 0 saturated carbocycles. The average molecular weight is 220 g/mol. The predicted octanol–water partition coefficient (Wildman–Crippen LogP) is 2.41. The minimum absolute atomic E-state index is 0.0497. The summed E-state index contributed by atoms with van der Waals surface area (Å²) < 4.78 is 0. The number of nitrogens with one attached hydrogen (secondary N) is 1. The number of hydrogen-bond donors (Lipinski definition) is 1. The van der Waals surface area contributed by atoms with Crippen molar-refractivity contribution < 1.29 is 4.79 Å². The molecule has 1 aromatic rings. The van der Waals surface area contributed by atoms with Crippen LogP contribution in [0.4, 0.5) is 4.79 Å². The van der Waals surface area contributed by atoms with Crippen molar-refractivity contribution in [1.82, 2.24) is 10.2 Å². The third-order valence-corrected chi connectivity index (χ3v) is 2.47. The molecule has 16 heavy (non-hydrogen) atoms. The first-order chi connectivity index (χ1) is 7.65. The summed E-state index contributed by atoms with van der Waals surface area (Å²) in [5.41, 5.74) is 2.53. The van der Waals surface area contributed by atoms with E-state index in [0.29, 0.717) is 6.54 Å².